The monoisotopic (exact) mass is 209 g/mol. The quantitative estimate of drug-likeness (QED) is 0.525. The van der Waals surface area contributed by atoms with Gasteiger partial charge >= 0.3 is 5.97 Å². The van der Waals surface area contributed by atoms with Gasteiger partial charge in [-0.05, 0) is 18.9 Å². The normalized spacial score (nSPS) is 20.3. The fourth-order valence-electron chi connectivity index (χ4n) is 1.33. The minimum atomic E-state index is -0.291. The first kappa shape index (κ1) is 12.0. The van der Waals surface area contributed by atoms with Crippen LogP contribution < -0.4 is 0 Å². The van der Waals surface area contributed by atoms with Gasteiger partial charge < -0.3 is 9.47 Å². The van der Waals surface area contributed by atoms with Gasteiger partial charge in [0.05, 0.1) is 25.7 Å². The topological polar surface area (TPSA) is 35.5 Å². The predicted octanol–water partition coefficient (Wildman–Crippen LogP) is 2.05. The third-order valence-corrected chi connectivity index (χ3v) is 2.06. The summed E-state index contributed by atoms with van der Waals surface area (Å²) in [7, 11) is 0. The number of ether oxygens (including phenoxy) is 2. The first-order chi connectivity index (χ1) is 7.27. The average Bonchev–Trinajstić information content (AvgIpc) is 2.63. The summed E-state index contributed by atoms with van der Waals surface area (Å²) in [5.74, 6) is 0.783. The fraction of sp³-hybridized carbons (Fsp3) is 0.500. The van der Waals surface area contributed by atoms with Gasteiger partial charge in [0.15, 0.2) is 0 Å². The van der Waals surface area contributed by atoms with Crippen molar-refractivity contribution in [1.82, 2.24) is 0 Å². The van der Waals surface area contributed by atoms with E-state index in [1.165, 1.54) is 6.08 Å². The molecule has 3 nitrogen and oxygen atoms in total. The lowest BCUT2D eigenvalue weighted by molar-refractivity contribution is -0.137. The van der Waals surface area contributed by atoms with E-state index in [1.54, 1.807) is 6.92 Å². The van der Waals surface area contributed by atoms with Crippen molar-refractivity contribution in [2.75, 3.05) is 19.8 Å². The maximum absolute atomic E-state index is 11.2. The number of esters is 1. The van der Waals surface area contributed by atoms with E-state index in [4.69, 9.17) is 9.47 Å². The van der Waals surface area contributed by atoms with Gasteiger partial charge in [0, 0.05) is 6.08 Å². The second-order valence-corrected chi connectivity index (χ2v) is 3.25. The lowest BCUT2D eigenvalue weighted by Gasteiger charge is -2.02. The molecule has 0 saturated carbocycles. The predicted molar refractivity (Wildman–Crippen MR) is 58.2 cm³/mol. The van der Waals surface area contributed by atoms with Crippen LogP contribution in [0.5, 0.6) is 0 Å². The Balaban J connectivity index is 2.59. The highest BCUT2D eigenvalue weighted by Crippen LogP contribution is 2.23. The van der Waals surface area contributed by atoms with Gasteiger partial charge in [-0.15, -0.1) is 0 Å². The molecule has 1 fully saturated rings. The molecule has 3 heteroatoms. The van der Waals surface area contributed by atoms with Crippen LogP contribution in [0.1, 0.15) is 20.3 Å². The van der Waals surface area contributed by atoms with Crippen molar-refractivity contribution in [2.24, 2.45) is 0 Å². The van der Waals surface area contributed by atoms with Crippen LogP contribution in [0, 0.1) is 5.92 Å². The van der Waals surface area contributed by atoms with Gasteiger partial charge in [-0.1, -0.05) is 19.1 Å². The van der Waals surface area contributed by atoms with Crippen LogP contribution in [-0.4, -0.2) is 25.8 Å². The standard InChI is InChI=1S/C12H17O3/c1-3-5-6-10-8-14-9-11(10)7-12(13)15-4-2/h5-7H,3-4,8-9H2,1-2H3/b6-5-,11-7+. The summed E-state index contributed by atoms with van der Waals surface area (Å²) < 4.78 is 10.1. The Hall–Kier alpha value is -1.09. The molecule has 1 rings (SSSR count). The van der Waals surface area contributed by atoms with E-state index in [0.29, 0.717) is 19.8 Å². The van der Waals surface area contributed by atoms with Crippen LogP contribution in [0.3, 0.4) is 0 Å². The lowest BCUT2D eigenvalue weighted by Crippen LogP contribution is -2.03. The van der Waals surface area contributed by atoms with Crippen molar-refractivity contribution in [3.05, 3.63) is 29.7 Å². The van der Waals surface area contributed by atoms with Gasteiger partial charge in [-0.25, -0.2) is 4.79 Å². The largest absolute Gasteiger partial charge is 0.463 e. The van der Waals surface area contributed by atoms with Gasteiger partial charge in [0.1, 0.15) is 0 Å². The molecule has 0 N–H and O–H groups in total. The molecule has 1 radical (unpaired) electrons. The van der Waals surface area contributed by atoms with Crippen LogP contribution in [0.2, 0.25) is 0 Å². The van der Waals surface area contributed by atoms with E-state index >= 15 is 0 Å². The molecule has 15 heavy (non-hydrogen) atoms. The second kappa shape index (κ2) is 6.40. The molecule has 1 heterocycles. The maximum Gasteiger partial charge on any atom is 0.330 e. The molecule has 83 valence electrons. The highest BCUT2D eigenvalue weighted by Gasteiger charge is 2.20. The van der Waals surface area contributed by atoms with Crippen LogP contribution in [0.15, 0.2) is 23.8 Å². The smallest absolute Gasteiger partial charge is 0.330 e. The molecular formula is C12H17O3. The zero-order valence-electron chi connectivity index (χ0n) is 9.29. The van der Waals surface area contributed by atoms with Crippen molar-refractivity contribution in [2.45, 2.75) is 20.3 Å². The molecule has 0 amide bonds. The highest BCUT2D eigenvalue weighted by atomic mass is 16.5. The molecule has 1 aliphatic heterocycles. The number of carbonyl (C=O) groups is 1. The number of allylic oxidation sites excluding steroid dienone is 1. The minimum Gasteiger partial charge on any atom is -0.463 e. The summed E-state index contributed by atoms with van der Waals surface area (Å²) in [5.41, 5.74) is 0.929. The van der Waals surface area contributed by atoms with Crippen molar-refractivity contribution >= 4 is 5.97 Å². The zero-order valence-corrected chi connectivity index (χ0v) is 9.29. The van der Waals surface area contributed by atoms with Crippen LogP contribution in [0.25, 0.3) is 0 Å². The van der Waals surface area contributed by atoms with Crippen molar-refractivity contribution in [3.8, 4) is 0 Å². The average molecular weight is 209 g/mol. The molecule has 1 aliphatic rings. The van der Waals surface area contributed by atoms with Crippen LogP contribution in [0.4, 0.5) is 0 Å². The van der Waals surface area contributed by atoms with E-state index in [0.717, 1.165) is 17.9 Å². The molecule has 0 aromatic rings. The molecule has 1 saturated heterocycles. The third-order valence-electron chi connectivity index (χ3n) is 2.06. The third kappa shape index (κ3) is 3.88. The van der Waals surface area contributed by atoms with Gasteiger partial charge in [0.25, 0.3) is 0 Å². The van der Waals surface area contributed by atoms with Crippen molar-refractivity contribution in [3.63, 3.8) is 0 Å². The molecular weight excluding hydrogens is 192 g/mol. The summed E-state index contributed by atoms with van der Waals surface area (Å²) in [6.45, 7) is 5.36. The van der Waals surface area contributed by atoms with E-state index in [-0.39, 0.29) is 5.97 Å². The van der Waals surface area contributed by atoms with E-state index in [1.807, 2.05) is 6.08 Å². The molecule has 0 aromatic carbocycles. The zero-order chi connectivity index (χ0) is 11.1. The Morgan fingerprint density at radius 2 is 2.27 bits per heavy atom. The van der Waals surface area contributed by atoms with Crippen molar-refractivity contribution in [1.29, 1.82) is 0 Å². The number of carbonyl (C=O) groups excluding carboxylic acids is 1. The highest BCUT2D eigenvalue weighted by molar-refractivity contribution is 5.83. The summed E-state index contributed by atoms with van der Waals surface area (Å²) >= 11 is 0. The lowest BCUT2D eigenvalue weighted by atomic mass is 10.0. The molecule has 0 unspecified atom stereocenters. The Morgan fingerprint density at radius 1 is 1.47 bits per heavy atom. The summed E-state index contributed by atoms with van der Waals surface area (Å²) in [6.07, 6.45) is 6.57. The molecule has 0 aromatic heterocycles. The molecule has 0 aliphatic carbocycles. The Bertz CT molecular complexity index is 266. The first-order valence-corrected chi connectivity index (χ1v) is 5.25. The summed E-state index contributed by atoms with van der Waals surface area (Å²) in [6, 6.07) is 0. The number of hydrogen-bond donors (Lipinski definition) is 0. The molecule has 0 atom stereocenters. The Kier molecular flexibility index (Phi) is 5.12. The minimum absolute atomic E-state index is 0.291. The number of rotatable bonds is 4. The maximum atomic E-state index is 11.2. The SMILES string of the molecule is CC/C=C\[C]1COC/C1=C\C(=O)OCC. The van der Waals surface area contributed by atoms with E-state index < -0.39 is 0 Å². The second-order valence-electron chi connectivity index (χ2n) is 3.25. The van der Waals surface area contributed by atoms with Gasteiger partial charge in [0.2, 0.25) is 0 Å². The van der Waals surface area contributed by atoms with E-state index in [9.17, 15) is 4.79 Å². The molecule has 0 bridgehead atoms. The summed E-state index contributed by atoms with van der Waals surface area (Å²) in [4.78, 5) is 11.2. The van der Waals surface area contributed by atoms with E-state index in [2.05, 4.69) is 13.0 Å². The number of hydrogen-bond acceptors (Lipinski definition) is 3. The Labute approximate surface area is 90.8 Å². The van der Waals surface area contributed by atoms with Gasteiger partial charge in [-0.3, -0.25) is 0 Å². The summed E-state index contributed by atoms with van der Waals surface area (Å²) in [5, 5.41) is 0. The van der Waals surface area contributed by atoms with Crippen LogP contribution >= 0.6 is 0 Å². The Morgan fingerprint density at radius 3 is 2.93 bits per heavy atom. The molecule has 0 spiro atoms. The van der Waals surface area contributed by atoms with Gasteiger partial charge in [-0.2, -0.15) is 0 Å². The first-order valence-electron chi connectivity index (χ1n) is 5.25. The van der Waals surface area contributed by atoms with Crippen LogP contribution in [-0.2, 0) is 14.3 Å². The van der Waals surface area contributed by atoms with Crippen molar-refractivity contribution < 1.29 is 14.3 Å². The fourth-order valence-corrected chi connectivity index (χ4v) is 1.33.